The number of nitrogens with zero attached hydrogens (tertiary/aromatic N) is 3. The molecular formula is C45H27N3O. The van der Waals surface area contributed by atoms with E-state index >= 15 is 0 Å². The van der Waals surface area contributed by atoms with Gasteiger partial charge >= 0.3 is 0 Å². The largest absolute Gasteiger partial charge is 0.456 e. The second-order valence-electron chi connectivity index (χ2n) is 12.4. The van der Waals surface area contributed by atoms with Crippen molar-refractivity contribution in [3.05, 3.63) is 164 Å². The van der Waals surface area contributed by atoms with Gasteiger partial charge in [0.25, 0.3) is 0 Å². The van der Waals surface area contributed by atoms with Gasteiger partial charge in [0.1, 0.15) is 11.2 Å². The molecular weight excluding hydrogens is 599 g/mol. The van der Waals surface area contributed by atoms with Gasteiger partial charge in [0.15, 0.2) is 17.5 Å². The van der Waals surface area contributed by atoms with Crippen LogP contribution in [0.4, 0.5) is 0 Å². The van der Waals surface area contributed by atoms with Gasteiger partial charge < -0.3 is 4.42 Å². The Balaban J connectivity index is 1.18. The Labute approximate surface area is 282 Å². The summed E-state index contributed by atoms with van der Waals surface area (Å²) in [6, 6.07) is 57.0. The molecule has 0 aliphatic carbocycles. The molecule has 0 saturated heterocycles. The number of para-hydroxylation sites is 1. The van der Waals surface area contributed by atoms with Gasteiger partial charge in [-0.1, -0.05) is 133 Å². The molecule has 4 heteroatoms. The van der Waals surface area contributed by atoms with Crippen molar-refractivity contribution in [2.75, 3.05) is 0 Å². The van der Waals surface area contributed by atoms with E-state index in [1.807, 2.05) is 72.8 Å². The number of benzene rings is 8. The molecule has 2 heterocycles. The maximum absolute atomic E-state index is 6.12. The van der Waals surface area contributed by atoms with Crippen molar-refractivity contribution in [2.45, 2.75) is 0 Å². The van der Waals surface area contributed by atoms with Crippen molar-refractivity contribution in [1.29, 1.82) is 0 Å². The molecule has 0 fully saturated rings. The van der Waals surface area contributed by atoms with Crippen LogP contribution in [0.15, 0.2) is 168 Å². The molecule has 0 atom stereocenters. The molecule has 0 spiro atoms. The lowest BCUT2D eigenvalue weighted by Gasteiger charge is -2.14. The zero-order chi connectivity index (χ0) is 32.3. The van der Waals surface area contributed by atoms with Gasteiger partial charge in [-0.25, -0.2) is 15.0 Å². The van der Waals surface area contributed by atoms with E-state index in [1.165, 1.54) is 26.9 Å². The van der Waals surface area contributed by atoms with Crippen molar-refractivity contribution >= 4 is 54.3 Å². The minimum Gasteiger partial charge on any atom is -0.456 e. The van der Waals surface area contributed by atoms with Crippen LogP contribution in [-0.2, 0) is 0 Å². The molecule has 10 rings (SSSR count). The van der Waals surface area contributed by atoms with E-state index in [-0.39, 0.29) is 0 Å². The maximum Gasteiger partial charge on any atom is 0.164 e. The highest BCUT2D eigenvalue weighted by molar-refractivity contribution is 6.26. The summed E-state index contributed by atoms with van der Waals surface area (Å²) >= 11 is 0. The zero-order valence-corrected chi connectivity index (χ0v) is 26.3. The summed E-state index contributed by atoms with van der Waals surface area (Å²) in [5.74, 6) is 1.95. The number of aromatic nitrogens is 3. The molecule has 0 saturated carbocycles. The van der Waals surface area contributed by atoms with Crippen LogP contribution in [0.5, 0.6) is 0 Å². The molecule has 8 aromatic carbocycles. The Bertz CT molecular complexity index is 2820. The minimum absolute atomic E-state index is 0.646. The quantitative estimate of drug-likeness (QED) is 0.183. The topological polar surface area (TPSA) is 51.8 Å². The van der Waals surface area contributed by atoms with Crippen LogP contribution in [0.25, 0.3) is 99.5 Å². The monoisotopic (exact) mass is 625 g/mol. The number of hydrogen-bond donors (Lipinski definition) is 0. The van der Waals surface area contributed by atoms with E-state index in [9.17, 15) is 0 Å². The standard InChI is InChI=1S/C45H27N3O/c1-3-11-28(12-4-1)43-46-44(29-13-5-2-6-14-29)48-45(47-43)32-20-23-35-33-15-7-8-16-34(33)38-25-30(19-22-36(38)39(35)27-32)31-21-24-42-40(26-31)37-17-9-10-18-41(37)49-42/h1-27H. The van der Waals surface area contributed by atoms with Crippen molar-refractivity contribution in [1.82, 2.24) is 15.0 Å². The lowest BCUT2D eigenvalue weighted by atomic mass is 9.91. The predicted octanol–water partition coefficient (Wildman–Crippen LogP) is 11.9. The number of fused-ring (bicyclic) bond motifs is 9. The van der Waals surface area contributed by atoms with Gasteiger partial charge in [-0.15, -0.1) is 0 Å². The molecule has 0 radical (unpaired) electrons. The fourth-order valence-corrected chi connectivity index (χ4v) is 7.12. The summed E-state index contributed by atoms with van der Waals surface area (Å²) in [6.07, 6.45) is 0. The minimum atomic E-state index is 0.646. The number of furan rings is 1. The van der Waals surface area contributed by atoms with Gasteiger partial charge in [0.05, 0.1) is 0 Å². The van der Waals surface area contributed by atoms with Crippen LogP contribution in [0.2, 0.25) is 0 Å². The predicted molar refractivity (Wildman–Crippen MR) is 201 cm³/mol. The fourth-order valence-electron chi connectivity index (χ4n) is 7.12. The molecule has 0 aliphatic heterocycles. The van der Waals surface area contributed by atoms with E-state index in [2.05, 4.69) is 91.0 Å². The van der Waals surface area contributed by atoms with Gasteiger partial charge in [-0.2, -0.15) is 0 Å². The Kier molecular flexibility index (Phi) is 6.15. The second kappa shape index (κ2) is 11.0. The van der Waals surface area contributed by atoms with Crippen LogP contribution in [0.1, 0.15) is 0 Å². The van der Waals surface area contributed by atoms with E-state index in [4.69, 9.17) is 19.4 Å². The first-order valence-corrected chi connectivity index (χ1v) is 16.4. The average Bonchev–Trinajstić information content (AvgIpc) is 3.56. The summed E-state index contributed by atoms with van der Waals surface area (Å²) < 4.78 is 6.12. The second-order valence-corrected chi connectivity index (χ2v) is 12.4. The Hall–Kier alpha value is -6.65. The molecule has 49 heavy (non-hydrogen) atoms. The van der Waals surface area contributed by atoms with Gasteiger partial charge in [0, 0.05) is 27.5 Å². The highest BCUT2D eigenvalue weighted by Crippen LogP contribution is 2.40. The Morgan fingerprint density at radius 1 is 0.265 bits per heavy atom. The lowest BCUT2D eigenvalue weighted by Crippen LogP contribution is -2.00. The molecule has 4 nitrogen and oxygen atoms in total. The molecule has 228 valence electrons. The van der Waals surface area contributed by atoms with Crippen LogP contribution in [0, 0.1) is 0 Å². The van der Waals surface area contributed by atoms with Crippen LogP contribution < -0.4 is 0 Å². The van der Waals surface area contributed by atoms with E-state index in [0.29, 0.717) is 17.5 Å². The zero-order valence-electron chi connectivity index (χ0n) is 26.3. The molecule has 0 amide bonds. The first-order chi connectivity index (χ1) is 24.3. The number of rotatable bonds is 4. The first kappa shape index (κ1) is 27.5. The van der Waals surface area contributed by atoms with Crippen molar-refractivity contribution in [3.63, 3.8) is 0 Å². The smallest absolute Gasteiger partial charge is 0.164 e. The highest BCUT2D eigenvalue weighted by Gasteiger charge is 2.16. The third-order valence-corrected chi connectivity index (χ3v) is 9.50. The van der Waals surface area contributed by atoms with Gasteiger partial charge in [-0.3, -0.25) is 0 Å². The van der Waals surface area contributed by atoms with E-state index < -0.39 is 0 Å². The third-order valence-electron chi connectivity index (χ3n) is 9.50. The normalized spacial score (nSPS) is 11.7. The summed E-state index contributed by atoms with van der Waals surface area (Å²) in [4.78, 5) is 14.9. The van der Waals surface area contributed by atoms with Crippen molar-refractivity contribution in [2.24, 2.45) is 0 Å². The first-order valence-electron chi connectivity index (χ1n) is 16.4. The molecule has 0 aliphatic rings. The van der Waals surface area contributed by atoms with Crippen molar-refractivity contribution in [3.8, 4) is 45.3 Å². The van der Waals surface area contributed by atoms with Crippen LogP contribution in [0.3, 0.4) is 0 Å². The number of hydrogen-bond acceptors (Lipinski definition) is 4. The third kappa shape index (κ3) is 4.57. The van der Waals surface area contributed by atoms with Gasteiger partial charge in [-0.05, 0) is 73.8 Å². The molecule has 0 N–H and O–H groups in total. The van der Waals surface area contributed by atoms with E-state index in [0.717, 1.165) is 55.1 Å². The SMILES string of the molecule is c1ccc(-c2nc(-c3ccccc3)nc(-c3ccc4c5ccccc5c5cc(-c6ccc7oc8ccccc8c7c6)ccc5c4c3)n2)cc1. The molecule has 2 aromatic heterocycles. The van der Waals surface area contributed by atoms with Gasteiger partial charge in [0.2, 0.25) is 0 Å². The molecule has 0 unspecified atom stereocenters. The van der Waals surface area contributed by atoms with Crippen LogP contribution in [-0.4, -0.2) is 15.0 Å². The summed E-state index contributed by atoms with van der Waals surface area (Å²) in [6.45, 7) is 0. The molecule has 10 aromatic rings. The summed E-state index contributed by atoms with van der Waals surface area (Å²) in [7, 11) is 0. The van der Waals surface area contributed by atoms with Crippen LogP contribution >= 0.6 is 0 Å². The van der Waals surface area contributed by atoms with Crippen molar-refractivity contribution < 1.29 is 4.42 Å². The fraction of sp³-hybridized carbons (Fsp3) is 0. The Morgan fingerprint density at radius 3 is 1.33 bits per heavy atom. The average molecular weight is 626 g/mol. The maximum atomic E-state index is 6.12. The summed E-state index contributed by atoms with van der Waals surface area (Å²) in [5.41, 5.74) is 6.99. The molecule has 0 bridgehead atoms. The summed E-state index contributed by atoms with van der Waals surface area (Å²) in [5, 5.41) is 9.47. The van der Waals surface area contributed by atoms with E-state index in [1.54, 1.807) is 0 Å². The lowest BCUT2D eigenvalue weighted by molar-refractivity contribution is 0.669. The highest BCUT2D eigenvalue weighted by atomic mass is 16.3. The Morgan fingerprint density at radius 2 is 0.673 bits per heavy atom.